The summed E-state index contributed by atoms with van der Waals surface area (Å²) in [6, 6.07) is 5.66. The van der Waals surface area contributed by atoms with Crippen molar-refractivity contribution in [1.82, 2.24) is 4.90 Å². The van der Waals surface area contributed by atoms with Gasteiger partial charge in [0.2, 0.25) is 5.91 Å². The van der Waals surface area contributed by atoms with Gasteiger partial charge in [-0.05, 0) is 24.1 Å². The molecule has 1 atom stereocenters. The first kappa shape index (κ1) is 18.6. The van der Waals surface area contributed by atoms with Gasteiger partial charge in [-0.25, -0.2) is 0 Å². The molecule has 0 aromatic heterocycles. The van der Waals surface area contributed by atoms with Crippen LogP contribution in [0.15, 0.2) is 24.3 Å². The van der Waals surface area contributed by atoms with Crippen LogP contribution in [0, 0.1) is 0 Å². The minimum Gasteiger partial charge on any atom is -0.435 e. The highest BCUT2D eigenvalue weighted by Gasteiger charge is 2.16. The summed E-state index contributed by atoms with van der Waals surface area (Å²) in [7, 11) is 1.65. The van der Waals surface area contributed by atoms with Crippen molar-refractivity contribution in [2.24, 2.45) is 5.73 Å². The number of halogens is 3. The fourth-order valence-electron chi connectivity index (χ4n) is 1.59. The Hall–Kier alpha value is -1.40. The predicted octanol–water partition coefficient (Wildman–Crippen LogP) is 2.41. The summed E-state index contributed by atoms with van der Waals surface area (Å²) >= 11 is 0. The topological polar surface area (TPSA) is 55.6 Å². The molecule has 0 aliphatic rings. The van der Waals surface area contributed by atoms with Crippen molar-refractivity contribution in [2.75, 3.05) is 7.05 Å². The van der Waals surface area contributed by atoms with Gasteiger partial charge in [-0.3, -0.25) is 4.79 Å². The molecule has 4 nitrogen and oxygen atoms in total. The first-order chi connectivity index (χ1) is 8.93. The summed E-state index contributed by atoms with van der Waals surface area (Å²) in [5.74, 6) is -0.0478. The quantitative estimate of drug-likeness (QED) is 0.878. The molecule has 1 aromatic carbocycles. The number of likely N-dealkylation sites (N-methyl/N-ethyl adjacent to an activating group) is 1. The minimum absolute atomic E-state index is 0. The van der Waals surface area contributed by atoms with Crippen molar-refractivity contribution in [3.63, 3.8) is 0 Å². The lowest BCUT2D eigenvalue weighted by Crippen LogP contribution is -2.40. The van der Waals surface area contributed by atoms with Crippen molar-refractivity contribution in [3.05, 3.63) is 29.8 Å². The van der Waals surface area contributed by atoms with Gasteiger partial charge in [-0.15, -0.1) is 12.4 Å². The summed E-state index contributed by atoms with van der Waals surface area (Å²) in [4.78, 5) is 13.3. The van der Waals surface area contributed by atoms with Crippen LogP contribution in [0.1, 0.15) is 18.9 Å². The third-order valence-corrected chi connectivity index (χ3v) is 2.70. The SMILES string of the molecule is CC[C@H](N)C(=O)N(C)Cc1ccc(OC(F)F)cc1.Cl. The molecule has 0 fully saturated rings. The van der Waals surface area contributed by atoms with E-state index >= 15 is 0 Å². The molecule has 2 N–H and O–H groups in total. The predicted molar refractivity (Wildman–Crippen MR) is 75.1 cm³/mol. The Kier molecular flexibility index (Phi) is 8.10. The number of nitrogens with zero attached hydrogens (tertiary/aromatic N) is 1. The Morgan fingerprint density at radius 2 is 1.90 bits per heavy atom. The lowest BCUT2D eigenvalue weighted by Gasteiger charge is -2.20. The van der Waals surface area contributed by atoms with Gasteiger partial charge in [0.05, 0.1) is 6.04 Å². The molecule has 1 rings (SSSR count). The smallest absolute Gasteiger partial charge is 0.387 e. The highest BCUT2D eigenvalue weighted by Crippen LogP contribution is 2.15. The maximum Gasteiger partial charge on any atom is 0.387 e. The minimum atomic E-state index is -2.84. The van der Waals surface area contributed by atoms with Gasteiger partial charge < -0.3 is 15.4 Å². The van der Waals surface area contributed by atoms with Crippen LogP contribution in [0.4, 0.5) is 8.78 Å². The normalized spacial score (nSPS) is 11.7. The number of rotatable bonds is 6. The molecular weight excluding hydrogens is 290 g/mol. The van der Waals surface area contributed by atoms with Crippen molar-refractivity contribution >= 4 is 18.3 Å². The van der Waals surface area contributed by atoms with Crippen LogP contribution in [0.25, 0.3) is 0 Å². The van der Waals surface area contributed by atoms with E-state index in [9.17, 15) is 13.6 Å². The second-order valence-electron chi connectivity index (χ2n) is 4.23. The monoisotopic (exact) mass is 308 g/mol. The van der Waals surface area contributed by atoms with E-state index in [2.05, 4.69) is 4.74 Å². The number of hydrogen-bond acceptors (Lipinski definition) is 3. The van der Waals surface area contributed by atoms with Gasteiger partial charge in [0.1, 0.15) is 5.75 Å². The van der Waals surface area contributed by atoms with E-state index in [1.54, 1.807) is 19.2 Å². The molecule has 1 amide bonds. The maximum absolute atomic E-state index is 12.0. The van der Waals surface area contributed by atoms with Gasteiger partial charge in [-0.2, -0.15) is 8.78 Å². The van der Waals surface area contributed by atoms with Gasteiger partial charge >= 0.3 is 6.61 Å². The number of carbonyl (C=O) groups excluding carboxylic acids is 1. The van der Waals surface area contributed by atoms with E-state index < -0.39 is 12.7 Å². The molecule has 114 valence electrons. The molecule has 0 heterocycles. The van der Waals surface area contributed by atoms with Crippen LogP contribution in [0.2, 0.25) is 0 Å². The fraction of sp³-hybridized carbons (Fsp3) is 0.462. The first-order valence-corrected chi connectivity index (χ1v) is 5.98. The molecule has 0 saturated heterocycles. The van der Waals surface area contributed by atoms with Crippen LogP contribution >= 0.6 is 12.4 Å². The van der Waals surface area contributed by atoms with Crippen LogP contribution in [-0.2, 0) is 11.3 Å². The van der Waals surface area contributed by atoms with Gasteiger partial charge in [0.15, 0.2) is 0 Å². The average molecular weight is 309 g/mol. The number of alkyl halides is 2. The van der Waals surface area contributed by atoms with Crippen molar-refractivity contribution in [2.45, 2.75) is 32.5 Å². The van der Waals surface area contributed by atoms with Gasteiger partial charge in [0, 0.05) is 13.6 Å². The fourth-order valence-corrected chi connectivity index (χ4v) is 1.59. The Bertz CT molecular complexity index is 415. The highest BCUT2D eigenvalue weighted by molar-refractivity contribution is 5.85. The molecule has 0 radical (unpaired) electrons. The molecule has 20 heavy (non-hydrogen) atoms. The van der Waals surface area contributed by atoms with Crippen molar-refractivity contribution in [1.29, 1.82) is 0 Å². The Morgan fingerprint density at radius 1 is 1.35 bits per heavy atom. The Labute approximate surface area is 123 Å². The molecule has 0 aliphatic carbocycles. The van der Waals surface area contributed by atoms with E-state index in [0.717, 1.165) is 5.56 Å². The van der Waals surface area contributed by atoms with E-state index in [0.29, 0.717) is 13.0 Å². The molecule has 0 bridgehead atoms. The first-order valence-electron chi connectivity index (χ1n) is 5.98. The molecule has 7 heteroatoms. The second kappa shape index (κ2) is 8.71. The van der Waals surface area contributed by atoms with E-state index in [1.165, 1.54) is 17.0 Å². The van der Waals surface area contributed by atoms with Crippen molar-refractivity contribution in [3.8, 4) is 5.75 Å². The summed E-state index contributed by atoms with van der Waals surface area (Å²) < 4.78 is 28.2. The average Bonchev–Trinajstić information content (AvgIpc) is 2.38. The number of nitrogens with two attached hydrogens (primary N) is 1. The zero-order valence-electron chi connectivity index (χ0n) is 11.4. The van der Waals surface area contributed by atoms with E-state index in [1.807, 2.05) is 6.92 Å². The second-order valence-corrected chi connectivity index (χ2v) is 4.23. The van der Waals surface area contributed by atoms with Crippen LogP contribution in [0.3, 0.4) is 0 Å². The number of amides is 1. The van der Waals surface area contributed by atoms with Crippen LogP contribution in [-0.4, -0.2) is 30.5 Å². The molecule has 1 aromatic rings. The summed E-state index contributed by atoms with van der Waals surface area (Å²) in [6.45, 7) is -0.619. The molecular formula is C13H19ClF2N2O2. The molecule has 0 unspecified atom stereocenters. The maximum atomic E-state index is 12.0. The lowest BCUT2D eigenvalue weighted by atomic mass is 10.1. The van der Waals surface area contributed by atoms with Crippen molar-refractivity contribution < 1.29 is 18.3 Å². The van der Waals surface area contributed by atoms with E-state index in [4.69, 9.17) is 5.73 Å². The summed E-state index contributed by atoms with van der Waals surface area (Å²) in [5, 5.41) is 0. The standard InChI is InChI=1S/C13H18F2N2O2.ClH/c1-3-11(16)12(18)17(2)8-9-4-6-10(7-5-9)19-13(14)15;/h4-7,11,13H,3,8,16H2,1-2H3;1H/t11-;/m0./s1. The van der Waals surface area contributed by atoms with Gasteiger partial charge in [0.25, 0.3) is 0 Å². The highest BCUT2D eigenvalue weighted by atomic mass is 35.5. The number of benzene rings is 1. The number of carbonyl (C=O) groups is 1. The van der Waals surface area contributed by atoms with Crippen LogP contribution in [0.5, 0.6) is 5.75 Å². The third kappa shape index (κ3) is 5.71. The largest absolute Gasteiger partial charge is 0.435 e. The molecule has 0 spiro atoms. The zero-order valence-corrected chi connectivity index (χ0v) is 12.2. The summed E-state index contributed by atoms with van der Waals surface area (Å²) in [6.07, 6.45) is 0.574. The summed E-state index contributed by atoms with van der Waals surface area (Å²) in [5.41, 5.74) is 6.48. The van der Waals surface area contributed by atoms with Gasteiger partial charge in [-0.1, -0.05) is 19.1 Å². The Morgan fingerprint density at radius 3 is 2.35 bits per heavy atom. The Balaban J connectivity index is 0.00000361. The number of hydrogen-bond donors (Lipinski definition) is 1. The molecule has 0 saturated carbocycles. The molecule has 0 aliphatic heterocycles. The van der Waals surface area contributed by atoms with E-state index in [-0.39, 0.29) is 24.1 Å². The van der Waals surface area contributed by atoms with Crippen LogP contribution < -0.4 is 10.5 Å². The lowest BCUT2D eigenvalue weighted by molar-refractivity contribution is -0.131. The number of ether oxygens (including phenoxy) is 1. The zero-order chi connectivity index (χ0) is 14.4. The third-order valence-electron chi connectivity index (χ3n) is 2.70.